The van der Waals surface area contributed by atoms with Crippen LogP contribution in [0, 0.1) is 0 Å². The lowest BCUT2D eigenvalue weighted by molar-refractivity contribution is 1.18. The highest BCUT2D eigenvalue weighted by molar-refractivity contribution is 7.26. The monoisotopic (exact) mass is 749 g/mol. The molecule has 0 amide bonds. The second-order valence-electron chi connectivity index (χ2n) is 14.0. The third-order valence-corrected chi connectivity index (χ3v) is 12.9. The maximum absolute atomic E-state index is 5.36. The van der Waals surface area contributed by atoms with Gasteiger partial charge in [-0.2, -0.15) is 0 Å². The molecule has 0 aliphatic heterocycles. The molecule has 5 heteroatoms. The Hall–Kier alpha value is -6.79. The highest BCUT2D eigenvalue weighted by atomic mass is 32.1. The van der Waals surface area contributed by atoms with Crippen LogP contribution in [-0.4, -0.2) is 15.0 Å². The molecule has 56 heavy (non-hydrogen) atoms. The molecule has 4 aromatic heterocycles. The van der Waals surface area contributed by atoms with Gasteiger partial charge in [-0.1, -0.05) is 121 Å². The summed E-state index contributed by atoms with van der Waals surface area (Å²) in [5, 5.41) is 5.13. The van der Waals surface area contributed by atoms with Crippen molar-refractivity contribution in [3.63, 3.8) is 0 Å². The smallest absolute Gasteiger partial charge is 0.160 e. The number of nitrogens with zero attached hydrogens (tertiary/aromatic N) is 3. The average Bonchev–Trinajstić information content (AvgIpc) is 3.85. The normalized spacial score (nSPS) is 11.6. The van der Waals surface area contributed by atoms with Crippen LogP contribution in [0.1, 0.15) is 0 Å². The van der Waals surface area contributed by atoms with Crippen LogP contribution in [0.25, 0.3) is 108 Å². The Balaban J connectivity index is 1.21. The van der Waals surface area contributed by atoms with Crippen LogP contribution < -0.4 is 0 Å². The lowest BCUT2D eigenvalue weighted by Gasteiger charge is -2.15. The molecular formula is C51H31N3S2. The Kier molecular flexibility index (Phi) is 7.87. The average molecular weight is 750 g/mol. The van der Waals surface area contributed by atoms with Crippen molar-refractivity contribution >= 4 is 63.0 Å². The van der Waals surface area contributed by atoms with Crippen molar-refractivity contribution in [2.75, 3.05) is 0 Å². The maximum Gasteiger partial charge on any atom is 0.160 e. The van der Waals surface area contributed by atoms with Crippen LogP contribution in [0.15, 0.2) is 188 Å². The van der Waals surface area contributed by atoms with E-state index in [0.29, 0.717) is 5.82 Å². The highest BCUT2D eigenvalue weighted by Gasteiger charge is 2.19. The van der Waals surface area contributed by atoms with E-state index in [2.05, 4.69) is 157 Å². The summed E-state index contributed by atoms with van der Waals surface area (Å²) in [5.41, 5.74) is 11.6. The minimum Gasteiger partial charge on any atom is -0.264 e. The predicted molar refractivity (Wildman–Crippen MR) is 238 cm³/mol. The van der Waals surface area contributed by atoms with Gasteiger partial charge in [-0.3, -0.25) is 4.98 Å². The van der Waals surface area contributed by atoms with E-state index in [1.165, 1.54) is 51.5 Å². The first-order chi connectivity index (χ1) is 27.7. The molecule has 11 rings (SSSR count). The first-order valence-electron chi connectivity index (χ1n) is 18.7. The fraction of sp³-hybridized carbons (Fsp3) is 0. The van der Waals surface area contributed by atoms with Gasteiger partial charge in [0.2, 0.25) is 0 Å². The van der Waals surface area contributed by atoms with Crippen LogP contribution in [0.5, 0.6) is 0 Å². The quantitative estimate of drug-likeness (QED) is 0.170. The SMILES string of the molecule is c1ccc(-c2nc(-c3cc(-c4cccc5sc6ccccc6c45)cc(-c4cccc5sc6ccccc6c45)c3)cc(-c3ccccc3-c3cccnc3)n2)cc1. The molecule has 0 N–H and O–H groups in total. The topological polar surface area (TPSA) is 38.7 Å². The molecule has 0 bridgehead atoms. The third kappa shape index (κ3) is 5.60. The van der Waals surface area contributed by atoms with Gasteiger partial charge in [0.15, 0.2) is 5.82 Å². The summed E-state index contributed by atoms with van der Waals surface area (Å²) in [5.74, 6) is 0.683. The van der Waals surface area contributed by atoms with Crippen molar-refractivity contribution in [2.45, 2.75) is 0 Å². The van der Waals surface area contributed by atoms with E-state index in [9.17, 15) is 0 Å². The predicted octanol–water partition coefficient (Wildman–Crippen LogP) is 14.6. The van der Waals surface area contributed by atoms with Gasteiger partial charge in [0.25, 0.3) is 0 Å². The Labute approximate surface area is 331 Å². The van der Waals surface area contributed by atoms with Gasteiger partial charge < -0.3 is 0 Å². The standard InChI is InChI=1S/C51H31N3S2/c1-2-13-32(14-3-1)51-53-43(30-44(54-51)40-17-5-4-16-37(40)33-15-12-26-52-31-33)36-28-34(38-20-10-24-47-49(38)41-18-6-8-22-45(41)55-47)27-35(29-36)39-21-11-25-48-50(39)42-19-7-9-23-46(42)56-48/h1-31H. The summed E-state index contributed by atoms with van der Waals surface area (Å²) < 4.78 is 5.15. The molecule has 262 valence electrons. The van der Waals surface area contributed by atoms with Crippen LogP contribution in [0.2, 0.25) is 0 Å². The van der Waals surface area contributed by atoms with E-state index in [4.69, 9.17) is 9.97 Å². The number of pyridine rings is 1. The Morgan fingerprint density at radius 1 is 0.339 bits per heavy atom. The summed E-state index contributed by atoms with van der Waals surface area (Å²) in [6.45, 7) is 0. The highest BCUT2D eigenvalue weighted by Crippen LogP contribution is 2.45. The van der Waals surface area contributed by atoms with E-state index in [0.717, 1.165) is 50.3 Å². The first-order valence-corrected chi connectivity index (χ1v) is 20.3. The fourth-order valence-electron chi connectivity index (χ4n) is 8.05. The molecule has 0 radical (unpaired) electrons. The van der Waals surface area contributed by atoms with Crippen molar-refractivity contribution < 1.29 is 0 Å². The molecule has 11 aromatic rings. The van der Waals surface area contributed by atoms with E-state index < -0.39 is 0 Å². The number of hydrogen-bond acceptors (Lipinski definition) is 5. The zero-order valence-electron chi connectivity index (χ0n) is 30.1. The van der Waals surface area contributed by atoms with Gasteiger partial charge in [0, 0.05) is 75.0 Å². The molecule has 0 unspecified atom stereocenters. The van der Waals surface area contributed by atoms with Gasteiger partial charge in [0.1, 0.15) is 0 Å². The summed E-state index contributed by atoms with van der Waals surface area (Å²) >= 11 is 3.70. The molecule has 0 aliphatic carbocycles. The molecule has 0 spiro atoms. The molecule has 4 heterocycles. The number of aromatic nitrogens is 3. The van der Waals surface area contributed by atoms with E-state index in [-0.39, 0.29) is 0 Å². The van der Waals surface area contributed by atoms with Gasteiger partial charge in [0.05, 0.1) is 11.4 Å². The van der Waals surface area contributed by atoms with E-state index >= 15 is 0 Å². The van der Waals surface area contributed by atoms with Gasteiger partial charge in [-0.15, -0.1) is 22.7 Å². The number of hydrogen-bond donors (Lipinski definition) is 0. The lowest BCUT2D eigenvalue weighted by atomic mass is 9.91. The summed E-state index contributed by atoms with van der Waals surface area (Å²) in [6, 6.07) is 62.9. The largest absolute Gasteiger partial charge is 0.264 e. The van der Waals surface area contributed by atoms with Crippen LogP contribution in [0.3, 0.4) is 0 Å². The third-order valence-electron chi connectivity index (χ3n) is 10.6. The number of thiophene rings is 2. The van der Waals surface area contributed by atoms with Gasteiger partial charge in [-0.05, 0) is 82.4 Å². The van der Waals surface area contributed by atoms with Crippen molar-refractivity contribution in [3.8, 4) is 67.3 Å². The first kappa shape index (κ1) is 32.6. The Morgan fingerprint density at radius 3 is 1.50 bits per heavy atom. The van der Waals surface area contributed by atoms with Crippen LogP contribution >= 0.6 is 22.7 Å². The van der Waals surface area contributed by atoms with Crippen molar-refractivity contribution in [1.82, 2.24) is 15.0 Å². The minimum atomic E-state index is 0.683. The summed E-state index contributed by atoms with van der Waals surface area (Å²) in [7, 11) is 0. The Bertz CT molecular complexity index is 3120. The molecule has 0 saturated carbocycles. The zero-order chi connectivity index (χ0) is 37.0. The second-order valence-corrected chi connectivity index (χ2v) is 16.1. The molecule has 0 atom stereocenters. The lowest BCUT2D eigenvalue weighted by Crippen LogP contribution is -1.97. The summed E-state index contributed by atoms with van der Waals surface area (Å²) in [6.07, 6.45) is 3.73. The van der Waals surface area contributed by atoms with Crippen molar-refractivity contribution in [2.24, 2.45) is 0 Å². The maximum atomic E-state index is 5.36. The van der Waals surface area contributed by atoms with E-state index in [1.807, 2.05) is 59.3 Å². The van der Waals surface area contributed by atoms with Crippen molar-refractivity contribution in [3.05, 3.63) is 188 Å². The van der Waals surface area contributed by atoms with Crippen LogP contribution in [0.4, 0.5) is 0 Å². The number of benzene rings is 7. The van der Waals surface area contributed by atoms with Crippen LogP contribution in [-0.2, 0) is 0 Å². The molecule has 0 aliphatic rings. The zero-order valence-corrected chi connectivity index (χ0v) is 31.7. The second kappa shape index (κ2) is 13.5. The molecule has 3 nitrogen and oxygen atoms in total. The van der Waals surface area contributed by atoms with E-state index in [1.54, 1.807) is 0 Å². The summed E-state index contributed by atoms with van der Waals surface area (Å²) in [4.78, 5) is 15.1. The number of fused-ring (bicyclic) bond motifs is 6. The molecular weight excluding hydrogens is 719 g/mol. The fourth-order valence-corrected chi connectivity index (χ4v) is 10.3. The van der Waals surface area contributed by atoms with Gasteiger partial charge in [-0.25, -0.2) is 9.97 Å². The number of rotatable bonds is 6. The molecule has 7 aromatic carbocycles. The van der Waals surface area contributed by atoms with Gasteiger partial charge >= 0.3 is 0 Å². The van der Waals surface area contributed by atoms with Crippen molar-refractivity contribution in [1.29, 1.82) is 0 Å². The Morgan fingerprint density at radius 2 is 0.857 bits per heavy atom. The minimum absolute atomic E-state index is 0.683. The molecule has 0 fully saturated rings. The molecule has 0 saturated heterocycles.